The standard InChI is InChI=1S/C20H17N5OS/c1-24(15-11-7-4-8-12-15)20-23-19(27-2)22-18-16(13-21-25(18)20)17(26)14-9-5-3-6-10-14/h3-13H,1-2H3. The van der Waals surface area contributed by atoms with Crippen LogP contribution in [0.15, 0.2) is 72.0 Å². The van der Waals surface area contributed by atoms with Gasteiger partial charge in [0.15, 0.2) is 16.6 Å². The van der Waals surface area contributed by atoms with Crippen molar-refractivity contribution in [1.29, 1.82) is 0 Å². The number of hydrogen-bond acceptors (Lipinski definition) is 6. The van der Waals surface area contributed by atoms with Crippen molar-refractivity contribution >= 4 is 34.8 Å². The zero-order chi connectivity index (χ0) is 18.8. The van der Waals surface area contributed by atoms with Gasteiger partial charge in [0.1, 0.15) is 0 Å². The number of thioether (sulfide) groups is 1. The van der Waals surface area contributed by atoms with Crippen molar-refractivity contribution in [3.63, 3.8) is 0 Å². The SMILES string of the molecule is CSc1nc(N(C)c2ccccc2)n2ncc(C(=O)c3ccccc3)c2n1. The molecule has 0 saturated carbocycles. The second-order valence-electron chi connectivity index (χ2n) is 5.89. The van der Waals surface area contributed by atoms with Gasteiger partial charge >= 0.3 is 0 Å². The predicted octanol–water partition coefficient (Wildman–Crippen LogP) is 3.85. The maximum atomic E-state index is 12.9. The summed E-state index contributed by atoms with van der Waals surface area (Å²) in [6.07, 6.45) is 3.47. The molecule has 0 unspecified atom stereocenters. The predicted molar refractivity (Wildman–Crippen MR) is 107 cm³/mol. The molecule has 2 aromatic heterocycles. The minimum Gasteiger partial charge on any atom is -0.313 e. The molecular formula is C20H17N5OS. The first-order chi connectivity index (χ1) is 13.2. The number of para-hydroxylation sites is 1. The van der Waals surface area contributed by atoms with Crippen LogP contribution in [0.5, 0.6) is 0 Å². The first kappa shape index (κ1) is 17.2. The smallest absolute Gasteiger partial charge is 0.235 e. The van der Waals surface area contributed by atoms with Gasteiger partial charge in [-0.05, 0) is 18.4 Å². The third-order valence-corrected chi connectivity index (χ3v) is 4.78. The normalized spacial score (nSPS) is 10.9. The molecule has 0 aliphatic carbocycles. The largest absolute Gasteiger partial charge is 0.313 e. The molecule has 0 aliphatic heterocycles. The van der Waals surface area contributed by atoms with Crippen LogP contribution >= 0.6 is 11.8 Å². The van der Waals surface area contributed by atoms with E-state index in [4.69, 9.17) is 0 Å². The van der Waals surface area contributed by atoms with Crippen molar-refractivity contribution in [3.8, 4) is 0 Å². The highest BCUT2D eigenvalue weighted by Crippen LogP contribution is 2.26. The molecule has 0 bridgehead atoms. The number of hydrogen-bond donors (Lipinski definition) is 0. The minimum absolute atomic E-state index is 0.107. The van der Waals surface area contributed by atoms with Gasteiger partial charge in [0.25, 0.3) is 0 Å². The van der Waals surface area contributed by atoms with Crippen LogP contribution in [0.4, 0.5) is 11.6 Å². The first-order valence-corrected chi connectivity index (χ1v) is 9.60. The van der Waals surface area contributed by atoms with E-state index in [1.807, 2.05) is 66.7 Å². The molecular weight excluding hydrogens is 358 g/mol. The Morgan fingerprint density at radius 3 is 2.33 bits per heavy atom. The average Bonchev–Trinajstić information content (AvgIpc) is 3.17. The Balaban J connectivity index is 1.87. The molecule has 4 rings (SSSR count). The van der Waals surface area contributed by atoms with Gasteiger partial charge in [0.2, 0.25) is 5.95 Å². The molecule has 0 fully saturated rings. The van der Waals surface area contributed by atoms with Crippen LogP contribution in [-0.4, -0.2) is 38.7 Å². The molecule has 2 aromatic carbocycles. The molecule has 7 heteroatoms. The maximum Gasteiger partial charge on any atom is 0.235 e. The zero-order valence-electron chi connectivity index (χ0n) is 14.9. The second-order valence-corrected chi connectivity index (χ2v) is 6.67. The number of carbonyl (C=O) groups is 1. The molecule has 0 aliphatic rings. The summed E-state index contributed by atoms with van der Waals surface area (Å²) in [6.45, 7) is 0. The lowest BCUT2D eigenvalue weighted by Crippen LogP contribution is -2.17. The fourth-order valence-electron chi connectivity index (χ4n) is 2.83. The van der Waals surface area contributed by atoms with E-state index in [2.05, 4.69) is 15.1 Å². The molecule has 0 saturated heterocycles. The van der Waals surface area contributed by atoms with Gasteiger partial charge in [-0.3, -0.25) is 4.79 Å². The van der Waals surface area contributed by atoms with Crippen LogP contribution in [0.2, 0.25) is 0 Å². The number of nitrogens with zero attached hydrogens (tertiary/aromatic N) is 5. The van der Waals surface area contributed by atoms with Crippen molar-refractivity contribution in [2.75, 3.05) is 18.2 Å². The molecule has 0 N–H and O–H groups in total. The molecule has 6 nitrogen and oxygen atoms in total. The van der Waals surface area contributed by atoms with E-state index in [-0.39, 0.29) is 5.78 Å². The second kappa shape index (κ2) is 7.20. The Labute approximate surface area is 160 Å². The molecule has 0 atom stereocenters. The fraction of sp³-hybridized carbons (Fsp3) is 0.100. The lowest BCUT2D eigenvalue weighted by Gasteiger charge is -2.19. The Kier molecular flexibility index (Phi) is 4.60. The van der Waals surface area contributed by atoms with Crippen LogP contribution in [0.1, 0.15) is 15.9 Å². The quantitative estimate of drug-likeness (QED) is 0.390. The molecule has 0 spiro atoms. The average molecular weight is 375 g/mol. The van der Waals surface area contributed by atoms with Crippen LogP contribution < -0.4 is 4.90 Å². The summed E-state index contributed by atoms with van der Waals surface area (Å²) >= 11 is 1.43. The summed E-state index contributed by atoms with van der Waals surface area (Å²) in [5.74, 6) is 0.493. The number of aromatic nitrogens is 4. The van der Waals surface area contributed by atoms with Gasteiger partial charge in [0.05, 0.1) is 11.8 Å². The van der Waals surface area contributed by atoms with Crippen molar-refractivity contribution < 1.29 is 4.79 Å². The Hall–Kier alpha value is -3.19. The summed E-state index contributed by atoms with van der Waals surface area (Å²) in [5, 5.41) is 4.99. The van der Waals surface area contributed by atoms with E-state index < -0.39 is 0 Å². The highest BCUT2D eigenvalue weighted by molar-refractivity contribution is 7.98. The minimum atomic E-state index is -0.107. The van der Waals surface area contributed by atoms with Gasteiger partial charge in [-0.1, -0.05) is 60.3 Å². The Morgan fingerprint density at radius 1 is 1.00 bits per heavy atom. The zero-order valence-corrected chi connectivity index (χ0v) is 15.7. The topological polar surface area (TPSA) is 63.4 Å². The monoisotopic (exact) mass is 375 g/mol. The van der Waals surface area contributed by atoms with Crippen LogP contribution in [-0.2, 0) is 0 Å². The van der Waals surface area contributed by atoms with Crippen molar-refractivity contribution in [2.24, 2.45) is 0 Å². The summed E-state index contributed by atoms with van der Waals surface area (Å²) < 4.78 is 1.61. The summed E-state index contributed by atoms with van der Waals surface area (Å²) in [5.41, 5.74) is 2.54. The molecule has 4 aromatic rings. The van der Waals surface area contributed by atoms with Gasteiger partial charge in [-0.15, -0.1) is 0 Å². The van der Waals surface area contributed by atoms with Crippen LogP contribution in [0, 0.1) is 0 Å². The van der Waals surface area contributed by atoms with Crippen molar-refractivity contribution in [1.82, 2.24) is 19.6 Å². The Morgan fingerprint density at radius 2 is 1.67 bits per heavy atom. The number of fused-ring (bicyclic) bond motifs is 1. The van der Waals surface area contributed by atoms with E-state index in [1.165, 1.54) is 11.8 Å². The van der Waals surface area contributed by atoms with Gasteiger partial charge in [0, 0.05) is 18.3 Å². The highest BCUT2D eigenvalue weighted by atomic mass is 32.2. The van der Waals surface area contributed by atoms with Crippen molar-refractivity contribution in [2.45, 2.75) is 5.16 Å². The maximum absolute atomic E-state index is 12.9. The first-order valence-electron chi connectivity index (χ1n) is 8.37. The molecule has 134 valence electrons. The molecule has 27 heavy (non-hydrogen) atoms. The molecule has 0 amide bonds. The van der Waals surface area contributed by atoms with Crippen molar-refractivity contribution in [3.05, 3.63) is 78.0 Å². The van der Waals surface area contributed by atoms with E-state index in [1.54, 1.807) is 22.8 Å². The van der Waals surface area contributed by atoms with Gasteiger partial charge < -0.3 is 4.90 Å². The van der Waals surface area contributed by atoms with E-state index in [9.17, 15) is 4.79 Å². The number of carbonyl (C=O) groups excluding carboxylic acids is 1. The molecule has 2 heterocycles. The van der Waals surface area contributed by atoms with Gasteiger partial charge in [-0.2, -0.15) is 14.6 Å². The van der Waals surface area contributed by atoms with Crippen LogP contribution in [0.25, 0.3) is 5.65 Å². The Bertz CT molecular complexity index is 1100. The summed E-state index contributed by atoms with van der Waals surface area (Å²) in [4.78, 5) is 24.0. The van der Waals surface area contributed by atoms with Crippen LogP contribution in [0.3, 0.4) is 0 Å². The fourth-order valence-corrected chi connectivity index (χ4v) is 3.18. The van der Waals surface area contributed by atoms with E-state index >= 15 is 0 Å². The third-order valence-electron chi connectivity index (χ3n) is 4.24. The lowest BCUT2D eigenvalue weighted by molar-refractivity contribution is 0.104. The summed E-state index contributed by atoms with van der Waals surface area (Å²) in [6, 6.07) is 19.0. The summed E-state index contributed by atoms with van der Waals surface area (Å²) in [7, 11) is 1.92. The van der Waals surface area contributed by atoms with E-state index in [0.29, 0.717) is 27.9 Å². The third kappa shape index (κ3) is 3.17. The molecule has 0 radical (unpaired) electrons. The van der Waals surface area contributed by atoms with Gasteiger partial charge in [-0.25, -0.2) is 4.98 Å². The lowest BCUT2D eigenvalue weighted by atomic mass is 10.1. The number of benzene rings is 2. The highest BCUT2D eigenvalue weighted by Gasteiger charge is 2.21. The van der Waals surface area contributed by atoms with E-state index in [0.717, 1.165) is 5.69 Å². The number of rotatable bonds is 5. The number of ketones is 1. The number of anilines is 2.